The maximum atomic E-state index is 12.0. The number of rotatable bonds is 2. The van der Waals surface area contributed by atoms with E-state index in [1.807, 2.05) is 12.1 Å². The highest BCUT2D eigenvalue weighted by atomic mass is 19.3. The molecule has 1 aromatic heterocycles. The Morgan fingerprint density at radius 1 is 1.14 bits per heavy atom. The molecule has 0 unspecified atom stereocenters. The number of benzene rings is 1. The summed E-state index contributed by atoms with van der Waals surface area (Å²) in [6.07, 6.45) is 1.44. The minimum absolute atomic E-state index is 0.0295. The summed E-state index contributed by atoms with van der Waals surface area (Å²) in [5, 5.41) is 1.42. The number of pyridine rings is 1. The van der Waals surface area contributed by atoms with Gasteiger partial charge in [0.15, 0.2) is 0 Å². The lowest BCUT2D eigenvalue weighted by atomic mass is 10.2. The van der Waals surface area contributed by atoms with Gasteiger partial charge in [0.05, 0.1) is 0 Å². The Kier molecular flexibility index (Phi) is 2.26. The van der Waals surface area contributed by atoms with Gasteiger partial charge in [0.1, 0.15) is 0 Å². The number of halogens is 2. The Morgan fingerprint density at radius 2 is 1.93 bits per heavy atom. The molecule has 0 radical (unpaired) electrons. The van der Waals surface area contributed by atoms with Gasteiger partial charge in [-0.15, -0.1) is 0 Å². The topological polar surface area (TPSA) is 22.1 Å². The third-order valence-corrected chi connectivity index (χ3v) is 1.84. The van der Waals surface area contributed by atoms with E-state index >= 15 is 0 Å². The first-order valence-electron chi connectivity index (χ1n) is 4.06. The number of aromatic nitrogens is 1. The second-order valence-corrected chi connectivity index (χ2v) is 2.72. The van der Waals surface area contributed by atoms with E-state index in [-0.39, 0.29) is 5.88 Å². The third-order valence-electron chi connectivity index (χ3n) is 1.84. The standard InChI is InChI=1S/C10H7F2NO/c11-10(12)14-9-8-4-2-1-3-7(8)5-6-13-9/h1-6,10H. The van der Waals surface area contributed by atoms with Crippen LogP contribution < -0.4 is 4.74 Å². The average Bonchev–Trinajstić information content (AvgIpc) is 2.18. The summed E-state index contributed by atoms with van der Waals surface area (Å²) in [4.78, 5) is 3.74. The van der Waals surface area contributed by atoms with Crippen molar-refractivity contribution in [3.63, 3.8) is 0 Å². The van der Waals surface area contributed by atoms with Crippen molar-refractivity contribution in [2.75, 3.05) is 0 Å². The second-order valence-electron chi connectivity index (χ2n) is 2.72. The van der Waals surface area contributed by atoms with E-state index in [1.165, 1.54) is 6.20 Å². The predicted octanol–water partition coefficient (Wildman–Crippen LogP) is 2.84. The summed E-state index contributed by atoms with van der Waals surface area (Å²) in [7, 11) is 0. The number of hydrogen-bond donors (Lipinski definition) is 0. The van der Waals surface area contributed by atoms with Crippen LogP contribution >= 0.6 is 0 Å². The molecule has 0 saturated carbocycles. The van der Waals surface area contributed by atoms with Crippen molar-refractivity contribution in [2.24, 2.45) is 0 Å². The van der Waals surface area contributed by atoms with Crippen molar-refractivity contribution in [1.29, 1.82) is 0 Å². The predicted molar refractivity (Wildman–Crippen MR) is 48.4 cm³/mol. The Balaban J connectivity index is 2.53. The molecule has 2 rings (SSSR count). The first-order valence-corrected chi connectivity index (χ1v) is 4.06. The molecular formula is C10H7F2NO. The van der Waals surface area contributed by atoms with E-state index in [0.29, 0.717) is 5.39 Å². The molecule has 1 aromatic carbocycles. The molecule has 0 atom stereocenters. The fourth-order valence-electron chi connectivity index (χ4n) is 1.27. The van der Waals surface area contributed by atoms with Crippen molar-refractivity contribution in [3.05, 3.63) is 36.5 Å². The summed E-state index contributed by atoms with van der Waals surface area (Å²) < 4.78 is 28.3. The zero-order chi connectivity index (χ0) is 9.97. The highest BCUT2D eigenvalue weighted by Gasteiger charge is 2.08. The van der Waals surface area contributed by atoms with E-state index in [2.05, 4.69) is 9.72 Å². The van der Waals surface area contributed by atoms with Crippen LogP contribution in [0.3, 0.4) is 0 Å². The van der Waals surface area contributed by atoms with E-state index in [1.54, 1.807) is 18.2 Å². The highest BCUT2D eigenvalue weighted by Crippen LogP contribution is 2.23. The number of nitrogens with zero attached hydrogens (tertiary/aromatic N) is 1. The molecule has 0 saturated heterocycles. The van der Waals surface area contributed by atoms with Crippen LogP contribution in [0.4, 0.5) is 8.78 Å². The normalized spacial score (nSPS) is 10.8. The fraction of sp³-hybridized carbons (Fsp3) is 0.100. The van der Waals surface area contributed by atoms with E-state index in [0.717, 1.165) is 5.39 Å². The fourth-order valence-corrected chi connectivity index (χ4v) is 1.27. The number of alkyl halides is 2. The smallest absolute Gasteiger partial charge is 0.388 e. The molecule has 0 N–H and O–H groups in total. The molecule has 0 bridgehead atoms. The molecule has 72 valence electrons. The van der Waals surface area contributed by atoms with Crippen LogP contribution in [0, 0.1) is 0 Å². The molecule has 0 fully saturated rings. The summed E-state index contributed by atoms with van der Waals surface area (Å²) in [5.41, 5.74) is 0. The lowest BCUT2D eigenvalue weighted by molar-refractivity contribution is -0.0517. The van der Waals surface area contributed by atoms with Gasteiger partial charge in [-0.25, -0.2) is 4.98 Å². The van der Waals surface area contributed by atoms with Gasteiger partial charge in [-0.3, -0.25) is 0 Å². The van der Waals surface area contributed by atoms with Crippen molar-refractivity contribution in [2.45, 2.75) is 6.61 Å². The average molecular weight is 195 g/mol. The molecule has 0 aliphatic heterocycles. The van der Waals surface area contributed by atoms with Crippen molar-refractivity contribution in [1.82, 2.24) is 4.98 Å². The Bertz CT molecular complexity index is 440. The third kappa shape index (κ3) is 1.64. The van der Waals surface area contributed by atoms with Crippen molar-refractivity contribution < 1.29 is 13.5 Å². The molecule has 0 spiro atoms. The molecule has 2 aromatic rings. The zero-order valence-corrected chi connectivity index (χ0v) is 7.15. The van der Waals surface area contributed by atoms with Crippen LogP contribution in [-0.4, -0.2) is 11.6 Å². The van der Waals surface area contributed by atoms with Gasteiger partial charge in [-0.1, -0.05) is 18.2 Å². The van der Waals surface area contributed by atoms with E-state index in [4.69, 9.17) is 0 Å². The monoisotopic (exact) mass is 195 g/mol. The largest absolute Gasteiger partial charge is 0.416 e. The quantitative estimate of drug-likeness (QED) is 0.735. The first kappa shape index (κ1) is 8.87. The summed E-state index contributed by atoms with van der Waals surface area (Å²) in [6.45, 7) is -2.84. The number of ether oxygens (including phenoxy) is 1. The molecule has 0 aliphatic carbocycles. The van der Waals surface area contributed by atoms with Gasteiger partial charge < -0.3 is 4.74 Å². The van der Waals surface area contributed by atoms with Crippen molar-refractivity contribution in [3.8, 4) is 5.88 Å². The van der Waals surface area contributed by atoms with Gasteiger partial charge >= 0.3 is 6.61 Å². The van der Waals surface area contributed by atoms with Crippen molar-refractivity contribution >= 4 is 10.8 Å². The molecule has 0 aliphatic rings. The molecule has 4 heteroatoms. The lowest BCUT2D eigenvalue weighted by Crippen LogP contribution is -2.03. The Hall–Kier alpha value is -1.71. The van der Waals surface area contributed by atoms with E-state index < -0.39 is 6.61 Å². The Morgan fingerprint density at radius 3 is 2.71 bits per heavy atom. The first-order chi connectivity index (χ1) is 6.77. The molecule has 0 amide bonds. The minimum Gasteiger partial charge on any atom is -0.416 e. The maximum Gasteiger partial charge on any atom is 0.388 e. The van der Waals surface area contributed by atoms with Gasteiger partial charge in [0, 0.05) is 11.6 Å². The molecule has 14 heavy (non-hydrogen) atoms. The van der Waals surface area contributed by atoms with Crippen LogP contribution in [0.2, 0.25) is 0 Å². The summed E-state index contributed by atoms with van der Waals surface area (Å²) >= 11 is 0. The van der Waals surface area contributed by atoms with Crippen LogP contribution in [-0.2, 0) is 0 Å². The van der Waals surface area contributed by atoms with Gasteiger partial charge in [0.2, 0.25) is 5.88 Å². The molecular weight excluding hydrogens is 188 g/mol. The van der Waals surface area contributed by atoms with Crippen LogP contribution in [0.1, 0.15) is 0 Å². The molecule has 1 heterocycles. The highest BCUT2D eigenvalue weighted by molar-refractivity contribution is 5.86. The van der Waals surface area contributed by atoms with E-state index in [9.17, 15) is 8.78 Å². The SMILES string of the molecule is FC(F)Oc1nccc2ccccc12. The zero-order valence-electron chi connectivity index (χ0n) is 7.15. The molecule has 2 nitrogen and oxygen atoms in total. The number of fused-ring (bicyclic) bond motifs is 1. The van der Waals surface area contributed by atoms with Crippen LogP contribution in [0.25, 0.3) is 10.8 Å². The summed E-state index contributed by atoms with van der Waals surface area (Å²) in [6, 6.07) is 8.83. The lowest BCUT2D eigenvalue weighted by Gasteiger charge is -2.05. The number of hydrogen-bond acceptors (Lipinski definition) is 2. The summed E-state index contributed by atoms with van der Waals surface area (Å²) in [5.74, 6) is -0.0295. The van der Waals surface area contributed by atoms with Crippen LogP contribution in [0.5, 0.6) is 5.88 Å². The van der Waals surface area contributed by atoms with Gasteiger partial charge in [0.25, 0.3) is 0 Å². The minimum atomic E-state index is -2.84. The van der Waals surface area contributed by atoms with Gasteiger partial charge in [-0.05, 0) is 17.5 Å². The van der Waals surface area contributed by atoms with Gasteiger partial charge in [-0.2, -0.15) is 8.78 Å². The second kappa shape index (κ2) is 3.57. The maximum absolute atomic E-state index is 12.0. The Labute approximate surface area is 79.1 Å². The van der Waals surface area contributed by atoms with Crippen LogP contribution in [0.15, 0.2) is 36.5 Å².